The summed E-state index contributed by atoms with van der Waals surface area (Å²) in [5.41, 5.74) is -3.79. The molecule has 0 saturated heterocycles. The second-order valence-corrected chi connectivity index (χ2v) is 19.7. The van der Waals surface area contributed by atoms with Gasteiger partial charge in [0.25, 0.3) is 0 Å². The highest BCUT2D eigenvalue weighted by Gasteiger charge is 2.69. The molecule has 0 bridgehead atoms. The van der Waals surface area contributed by atoms with Gasteiger partial charge in [-0.05, 0) is 62.0 Å². The number of fused-ring (bicyclic) bond motifs is 2. The smallest absolute Gasteiger partial charge is 0.462 e. The van der Waals surface area contributed by atoms with Crippen molar-refractivity contribution in [3.63, 3.8) is 0 Å². The van der Waals surface area contributed by atoms with E-state index in [1.165, 1.54) is 32.9 Å². The molecular formula is C37H42Cl6O13. The van der Waals surface area contributed by atoms with Crippen LogP contribution in [0.2, 0.25) is 0 Å². The highest BCUT2D eigenvalue weighted by molar-refractivity contribution is 6.68. The molecule has 8 atom stereocenters. The number of aliphatic hydroxyl groups is 1. The molecule has 56 heavy (non-hydrogen) atoms. The van der Waals surface area contributed by atoms with E-state index in [9.17, 15) is 29.1 Å². The molecule has 2 saturated carbocycles. The Labute approximate surface area is 354 Å². The number of rotatable bonds is 9. The molecule has 2 fully saturated rings. The minimum Gasteiger partial charge on any atom is -0.462 e. The lowest BCUT2D eigenvalue weighted by atomic mass is 9.56. The molecule has 19 heteroatoms. The van der Waals surface area contributed by atoms with E-state index in [0.29, 0.717) is 5.57 Å². The van der Waals surface area contributed by atoms with Crippen LogP contribution in [0.3, 0.4) is 0 Å². The Balaban J connectivity index is 1.98. The van der Waals surface area contributed by atoms with Gasteiger partial charge in [0.15, 0.2) is 12.2 Å². The quantitative estimate of drug-likeness (QED) is 0.109. The normalized spacial score (nSPS) is 29.2. The molecule has 1 N–H and O–H groups in total. The molecule has 4 rings (SSSR count). The van der Waals surface area contributed by atoms with Crippen LogP contribution in [0, 0.1) is 16.7 Å². The van der Waals surface area contributed by atoms with E-state index in [0.717, 1.165) is 6.92 Å². The Bertz CT molecular complexity index is 1730. The van der Waals surface area contributed by atoms with Gasteiger partial charge in [0, 0.05) is 32.1 Å². The van der Waals surface area contributed by atoms with E-state index in [-0.39, 0.29) is 36.0 Å². The number of ether oxygens (including phenoxy) is 7. The number of hydrogen-bond acceptors (Lipinski definition) is 13. The molecule has 0 spiro atoms. The summed E-state index contributed by atoms with van der Waals surface area (Å²) in [6.45, 7) is 11.6. The van der Waals surface area contributed by atoms with Crippen molar-refractivity contribution in [2.75, 3.05) is 13.2 Å². The van der Waals surface area contributed by atoms with Crippen molar-refractivity contribution >= 4 is 99.8 Å². The molecule has 310 valence electrons. The Kier molecular flexibility index (Phi) is 14.2. The maximum absolute atomic E-state index is 14.0. The third-order valence-corrected chi connectivity index (χ3v) is 11.3. The van der Waals surface area contributed by atoms with Gasteiger partial charge in [0.1, 0.15) is 31.5 Å². The lowest BCUT2D eigenvalue weighted by Gasteiger charge is -2.53. The maximum Gasteiger partial charge on any atom is 0.509 e. The largest absolute Gasteiger partial charge is 0.509 e. The first-order valence-corrected chi connectivity index (χ1v) is 19.5. The number of carbonyl (C=O) groups excluding carboxylic acids is 5. The highest BCUT2D eigenvalue weighted by atomic mass is 35.6. The Hall–Kier alpha value is -2.65. The summed E-state index contributed by atoms with van der Waals surface area (Å²) in [5, 5.41) is 12.3. The minimum absolute atomic E-state index is 0.0977. The first-order chi connectivity index (χ1) is 25.7. The van der Waals surface area contributed by atoms with Gasteiger partial charge in [-0.3, -0.25) is 9.59 Å². The lowest BCUT2D eigenvalue weighted by Crippen LogP contribution is -2.60. The third-order valence-electron chi connectivity index (χ3n) is 10.6. The molecule has 0 aliphatic heterocycles. The summed E-state index contributed by atoms with van der Waals surface area (Å²) in [6, 6.07) is 7.98. The zero-order chi connectivity index (χ0) is 42.2. The molecule has 1 aromatic rings. The Morgan fingerprint density at radius 1 is 0.804 bits per heavy atom. The number of hydrogen-bond donors (Lipinski definition) is 1. The number of benzene rings is 1. The fourth-order valence-corrected chi connectivity index (χ4v) is 8.44. The van der Waals surface area contributed by atoms with E-state index in [1.54, 1.807) is 32.0 Å². The molecule has 0 unspecified atom stereocenters. The van der Waals surface area contributed by atoms with Crippen molar-refractivity contribution in [2.45, 2.75) is 105 Å². The number of esters is 3. The van der Waals surface area contributed by atoms with Crippen LogP contribution < -0.4 is 0 Å². The van der Waals surface area contributed by atoms with E-state index < -0.39 is 104 Å². The summed E-state index contributed by atoms with van der Waals surface area (Å²) < 4.78 is 36.0. The first-order valence-electron chi connectivity index (χ1n) is 17.2. The van der Waals surface area contributed by atoms with Gasteiger partial charge in [-0.15, -0.1) is 0 Å². The van der Waals surface area contributed by atoms with Gasteiger partial charge in [-0.2, -0.15) is 0 Å². The molecular weight excluding hydrogens is 865 g/mol. The van der Waals surface area contributed by atoms with Crippen molar-refractivity contribution < 1.29 is 62.2 Å². The summed E-state index contributed by atoms with van der Waals surface area (Å²) >= 11 is 34.6. The van der Waals surface area contributed by atoms with Crippen molar-refractivity contribution in [1.29, 1.82) is 0 Å². The van der Waals surface area contributed by atoms with Gasteiger partial charge in [0.2, 0.25) is 7.59 Å². The Morgan fingerprint density at radius 3 is 1.80 bits per heavy atom. The average molecular weight is 907 g/mol. The topological polar surface area (TPSA) is 170 Å². The average Bonchev–Trinajstić information content (AvgIpc) is 3.30. The van der Waals surface area contributed by atoms with Crippen LogP contribution in [0.4, 0.5) is 9.59 Å². The van der Waals surface area contributed by atoms with Crippen molar-refractivity contribution in [1.82, 2.24) is 0 Å². The summed E-state index contributed by atoms with van der Waals surface area (Å²) in [5.74, 6) is -3.34. The maximum atomic E-state index is 14.0. The molecule has 0 amide bonds. The van der Waals surface area contributed by atoms with Crippen molar-refractivity contribution in [3.05, 3.63) is 59.2 Å². The van der Waals surface area contributed by atoms with Crippen molar-refractivity contribution in [2.24, 2.45) is 16.7 Å². The van der Waals surface area contributed by atoms with Gasteiger partial charge in [0.05, 0.1) is 16.6 Å². The predicted molar refractivity (Wildman–Crippen MR) is 206 cm³/mol. The molecule has 0 heterocycles. The molecule has 3 aliphatic rings. The van der Waals surface area contributed by atoms with Crippen molar-refractivity contribution in [3.8, 4) is 0 Å². The molecule has 0 aromatic heterocycles. The zero-order valence-corrected chi connectivity index (χ0v) is 35.7. The summed E-state index contributed by atoms with van der Waals surface area (Å²) in [6.07, 6.45) is -9.45. The second-order valence-electron chi connectivity index (χ2n) is 14.7. The van der Waals surface area contributed by atoms with Crippen LogP contribution >= 0.6 is 69.6 Å². The van der Waals surface area contributed by atoms with Crippen LogP contribution in [0.5, 0.6) is 0 Å². The fourth-order valence-electron chi connectivity index (χ4n) is 8.11. The first kappa shape index (κ1) is 46.0. The molecule has 0 radical (unpaired) electrons. The van der Waals surface area contributed by atoms with Crippen LogP contribution in [-0.4, -0.2) is 92.2 Å². The molecule has 3 aliphatic carbocycles. The highest BCUT2D eigenvalue weighted by Crippen LogP contribution is 2.65. The SMILES string of the molecule is C=C1[C@@H](OC(=O)OCC(Cl)(Cl)Cl)C[C@H](OC(C)=O)[C@]2(C)[C@@H]1C[C@]1(C(C)(C)O)C[C@H](OC(=O)OCC(Cl)(Cl)Cl)C(C)=C1[C@@H](OC(=O)c1ccccc1)[C@@H]2OC(C)=O. The molecule has 13 nitrogen and oxygen atoms in total. The number of alkyl halides is 6. The van der Waals surface area contributed by atoms with E-state index in [2.05, 4.69) is 6.58 Å². The second kappa shape index (κ2) is 17.3. The number of carbonyl (C=O) groups is 5. The summed E-state index contributed by atoms with van der Waals surface area (Å²) in [4.78, 5) is 65.9. The van der Waals surface area contributed by atoms with E-state index in [4.69, 9.17) is 103 Å². The van der Waals surface area contributed by atoms with Crippen LogP contribution in [0.15, 0.2) is 53.6 Å². The zero-order valence-electron chi connectivity index (χ0n) is 31.2. The van der Waals surface area contributed by atoms with E-state index >= 15 is 0 Å². The minimum atomic E-state index is -1.96. The monoisotopic (exact) mass is 904 g/mol. The standard InChI is InChI=1S/C37H42Cl6O13/c1-18-23-14-35(33(5,6)49)15-25(55-32(48)51-17-37(41,42)43)19(2)27(35)28(56-30(46)22-11-9-8-10-12-22)29(53-21(4)45)34(23,7)26(52-20(3)44)13-24(18)54-31(47)50-16-36(38,39)40/h8-12,23-26,28-29,49H,1,13-17H2,2-7H3/t23-,24+,25+,26+,28-,29+,34+,35+/m1/s1. The predicted octanol–water partition coefficient (Wildman–Crippen LogP) is 8.32. The third kappa shape index (κ3) is 10.3. The van der Waals surface area contributed by atoms with Crippen LogP contribution in [-0.2, 0) is 42.7 Å². The fraction of sp³-hybridized carbons (Fsp3) is 0.595. The van der Waals surface area contributed by atoms with Gasteiger partial charge >= 0.3 is 30.2 Å². The lowest BCUT2D eigenvalue weighted by molar-refractivity contribution is -0.196. The van der Waals surface area contributed by atoms with Gasteiger partial charge < -0.3 is 38.3 Å². The van der Waals surface area contributed by atoms with E-state index in [1.807, 2.05) is 0 Å². The summed E-state index contributed by atoms with van der Waals surface area (Å²) in [7, 11) is 0. The Morgan fingerprint density at radius 2 is 1.32 bits per heavy atom. The van der Waals surface area contributed by atoms with Crippen LogP contribution in [0.1, 0.15) is 71.2 Å². The molecule has 1 aromatic carbocycles. The number of halogens is 6. The van der Waals surface area contributed by atoms with Gasteiger partial charge in [-0.25, -0.2) is 14.4 Å². The van der Waals surface area contributed by atoms with Crippen LogP contribution in [0.25, 0.3) is 0 Å². The van der Waals surface area contributed by atoms with Gasteiger partial charge in [-0.1, -0.05) is 101 Å².